The van der Waals surface area contributed by atoms with E-state index in [4.69, 9.17) is 16.3 Å². The summed E-state index contributed by atoms with van der Waals surface area (Å²) in [5.74, 6) is -0.0382. The number of aromatic nitrogens is 2. The predicted octanol–water partition coefficient (Wildman–Crippen LogP) is 4.69. The van der Waals surface area contributed by atoms with Crippen LogP contribution in [-0.4, -0.2) is 35.8 Å². The number of hydrogen-bond donors (Lipinski definition) is 2. The molecule has 160 valence electrons. The number of benzene rings is 2. The van der Waals surface area contributed by atoms with Crippen LogP contribution in [-0.2, 0) is 9.63 Å². The van der Waals surface area contributed by atoms with E-state index in [1.165, 1.54) is 50.9 Å². The van der Waals surface area contributed by atoms with Gasteiger partial charge in [0, 0.05) is 23.2 Å². The first kappa shape index (κ1) is 22.0. The zero-order chi connectivity index (χ0) is 22.4. The summed E-state index contributed by atoms with van der Waals surface area (Å²) in [6.07, 6.45) is 4.22. The minimum atomic E-state index is -0.520. The number of allylic oxidation sites excluding steroid dienone is 1. The van der Waals surface area contributed by atoms with Crippen LogP contribution in [0.5, 0.6) is 5.75 Å². The van der Waals surface area contributed by atoms with E-state index in [1.807, 2.05) is 0 Å². The Hall–Kier alpha value is -3.72. The van der Waals surface area contributed by atoms with Crippen molar-refractivity contribution < 1.29 is 18.8 Å². The van der Waals surface area contributed by atoms with Crippen molar-refractivity contribution in [2.75, 3.05) is 24.9 Å². The second-order valence-corrected chi connectivity index (χ2v) is 6.69. The molecule has 2 aromatic carbocycles. The minimum absolute atomic E-state index is 0.0166. The zero-order valence-electron chi connectivity index (χ0n) is 16.9. The van der Waals surface area contributed by atoms with E-state index < -0.39 is 5.82 Å². The van der Waals surface area contributed by atoms with Crippen LogP contribution in [0.4, 0.5) is 21.6 Å². The molecule has 3 aromatic rings. The van der Waals surface area contributed by atoms with Gasteiger partial charge in [0.1, 0.15) is 30.8 Å². The number of anilines is 3. The SMILES string of the molecule is CO/N=C(C)\C=C\C(=O)Nc1cc2c(Nc3ccc(F)c(Cl)c3)ncnc2cc1OC. The van der Waals surface area contributed by atoms with Crippen LogP contribution in [0.25, 0.3) is 10.9 Å². The van der Waals surface area contributed by atoms with Gasteiger partial charge in [-0.2, -0.15) is 0 Å². The van der Waals surface area contributed by atoms with Crippen molar-refractivity contribution in [2.24, 2.45) is 5.16 Å². The number of carbonyl (C=O) groups excluding carboxylic acids is 1. The van der Waals surface area contributed by atoms with Gasteiger partial charge >= 0.3 is 0 Å². The number of oxime groups is 1. The lowest BCUT2D eigenvalue weighted by Crippen LogP contribution is -2.10. The first-order valence-electron chi connectivity index (χ1n) is 9.03. The molecule has 0 spiro atoms. The first-order chi connectivity index (χ1) is 14.9. The van der Waals surface area contributed by atoms with Crippen LogP contribution in [0.2, 0.25) is 5.02 Å². The van der Waals surface area contributed by atoms with Gasteiger partial charge < -0.3 is 20.2 Å². The van der Waals surface area contributed by atoms with Crippen molar-refractivity contribution in [3.63, 3.8) is 0 Å². The predicted molar refractivity (Wildman–Crippen MR) is 119 cm³/mol. The molecule has 0 saturated carbocycles. The molecule has 1 amide bonds. The van der Waals surface area contributed by atoms with Gasteiger partial charge in [0.05, 0.1) is 29.0 Å². The van der Waals surface area contributed by atoms with Crippen LogP contribution in [0.1, 0.15) is 6.92 Å². The van der Waals surface area contributed by atoms with Crippen molar-refractivity contribution in [3.05, 3.63) is 59.7 Å². The topological polar surface area (TPSA) is 97.7 Å². The van der Waals surface area contributed by atoms with Gasteiger partial charge in [0.2, 0.25) is 5.91 Å². The van der Waals surface area contributed by atoms with Gasteiger partial charge in [-0.3, -0.25) is 4.79 Å². The smallest absolute Gasteiger partial charge is 0.248 e. The Bertz CT molecular complexity index is 1180. The minimum Gasteiger partial charge on any atom is -0.494 e. The molecule has 10 heteroatoms. The number of halogens is 2. The van der Waals surface area contributed by atoms with Crippen molar-refractivity contribution in [2.45, 2.75) is 6.92 Å². The lowest BCUT2D eigenvalue weighted by molar-refractivity contribution is -0.111. The average Bonchev–Trinajstić information content (AvgIpc) is 2.75. The molecular weight excluding hydrogens is 425 g/mol. The van der Waals surface area contributed by atoms with E-state index >= 15 is 0 Å². The summed E-state index contributed by atoms with van der Waals surface area (Å²) >= 11 is 5.86. The van der Waals surface area contributed by atoms with Gasteiger partial charge in [-0.25, -0.2) is 14.4 Å². The molecule has 3 rings (SSSR count). The number of hydrogen-bond acceptors (Lipinski definition) is 7. The molecule has 8 nitrogen and oxygen atoms in total. The van der Waals surface area contributed by atoms with Gasteiger partial charge in [0.15, 0.2) is 0 Å². The number of fused-ring (bicyclic) bond motifs is 1. The maximum absolute atomic E-state index is 13.4. The normalized spacial score (nSPS) is 11.6. The molecule has 0 atom stereocenters. The van der Waals surface area contributed by atoms with Crippen LogP contribution >= 0.6 is 11.6 Å². The number of ether oxygens (including phenoxy) is 1. The standard InChI is InChI=1S/C21H19ClFN5O3/c1-12(28-31-3)4-7-20(29)27-18-9-14-17(10-19(18)30-2)24-11-25-21(14)26-13-5-6-16(23)15(22)8-13/h4-11H,1-3H3,(H,27,29)(H,24,25,26)/b7-4+,28-12-. The summed E-state index contributed by atoms with van der Waals surface area (Å²) in [5.41, 5.74) is 2.07. The fraction of sp³-hybridized carbons (Fsp3) is 0.143. The molecule has 0 aliphatic carbocycles. The molecule has 0 unspecified atom stereocenters. The highest BCUT2D eigenvalue weighted by Gasteiger charge is 2.13. The van der Waals surface area contributed by atoms with Crippen LogP contribution in [0.15, 0.2) is 54.0 Å². The second kappa shape index (κ2) is 9.86. The van der Waals surface area contributed by atoms with Crippen LogP contribution in [0, 0.1) is 5.82 Å². The third-order valence-electron chi connectivity index (χ3n) is 4.11. The summed E-state index contributed by atoms with van der Waals surface area (Å²) in [4.78, 5) is 25.5. The lowest BCUT2D eigenvalue weighted by Gasteiger charge is -2.13. The van der Waals surface area contributed by atoms with Crippen molar-refractivity contribution >= 4 is 51.3 Å². The van der Waals surface area contributed by atoms with Crippen molar-refractivity contribution in [3.8, 4) is 5.75 Å². The van der Waals surface area contributed by atoms with Crippen molar-refractivity contribution in [1.82, 2.24) is 9.97 Å². The Morgan fingerprint density at radius 1 is 1.19 bits per heavy atom. The van der Waals surface area contributed by atoms with E-state index in [1.54, 1.807) is 19.1 Å². The molecule has 0 saturated heterocycles. The van der Waals surface area contributed by atoms with E-state index in [2.05, 4.69) is 30.6 Å². The third kappa shape index (κ3) is 5.46. The molecule has 31 heavy (non-hydrogen) atoms. The average molecular weight is 444 g/mol. The third-order valence-corrected chi connectivity index (χ3v) is 4.40. The number of rotatable bonds is 7. The van der Waals surface area contributed by atoms with Gasteiger partial charge in [-0.1, -0.05) is 16.8 Å². The van der Waals surface area contributed by atoms with E-state index in [0.717, 1.165) is 0 Å². The maximum Gasteiger partial charge on any atom is 0.248 e. The highest BCUT2D eigenvalue weighted by Crippen LogP contribution is 2.33. The second-order valence-electron chi connectivity index (χ2n) is 6.28. The number of nitrogens with zero attached hydrogens (tertiary/aromatic N) is 3. The zero-order valence-corrected chi connectivity index (χ0v) is 17.7. The Balaban J connectivity index is 1.95. The number of carbonyl (C=O) groups is 1. The van der Waals surface area contributed by atoms with E-state index in [9.17, 15) is 9.18 Å². The highest BCUT2D eigenvalue weighted by molar-refractivity contribution is 6.31. The summed E-state index contributed by atoms with van der Waals surface area (Å²) in [5, 5.41) is 10.1. The van der Waals surface area contributed by atoms with Crippen molar-refractivity contribution in [1.29, 1.82) is 0 Å². The molecule has 0 aliphatic rings. The van der Waals surface area contributed by atoms with Gasteiger partial charge in [0.25, 0.3) is 0 Å². The Kier molecular flexibility index (Phi) is 6.99. The van der Waals surface area contributed by atoms with Crippen LogP contribution < -0.4 is 15.4 Å². The van der Waals surface area contributed by atoms with E-state index in [-0.39, 0.29) is 10.9 Å². The number of amides is 1. The number of nitrogens with one attached hydrogen (secondary N) is 2. The molecule has 2 N–H and O–H groups in total. The summed E-state index contributed by atoms with van der Waals surface area (Å²) < 4.78 is 18.8. The molecule has 0 radical (unpaired) electrons. The summed E-state index contributed by atoms with van der Waals surface area (Å²) in [6.45, 7) is 1.70. The molecule has 0 fully saturated rings. The Morgan fingerprint density at radius 3 is 2.71 bits per heavy atom. The molecule has 0 bridgehead atoms. The monoisotopic (exact) mass is 443 g/mol. The van der Waals surface area contributed by atoms with Crippen LogP contribution in [0.3, 0.4) is 0 Å². The fourth-order valence-corrected chi connectivity index (χ4v) is 2.89. The summed E-state index contributed by atoms with van der Waals surface area (Å²) in [7, 11) is 2.91. The van der Waals surface area contributed by atoms with E-state index in [0.29, 0.717) is 39.6 Å². The fourth-order valence-electron chi connectivity index (χ4n) is 2.71. The Morgan fingerprint density at radius 2 is 2.00 bits per heavy atom. The molecule has 0 aliphatic heterocycles. The maximum atomic E-state index is 13.4. The lowest BCUT2D eigenvalue weighted by atomic mass is 10.1. The molecular formula is C21H19ClFN5O3. The highest BCUT2D eigenvalue weighted by atomic mass is 35.5. The number of methoxy groups -OCH3 is 1. The molecule has 1 heterocycles. The summed E-state index contributed by atoms with van der Waals surface area (Å²) in [6, 6.07) is 7.60. The van der Waals surface area contributed by atoms with Gasteiger partial charge in [-0.05, 0) is 37.3 Å². The first-order valence-corrected chi connectivity index (χ1v) is 9.40. The largest absolute Gasteiger partial charge is 0.494 e. The Labute approximate surface area is 182 Å². The quantitative estimate of drug-likeness (QED) is 0.312. The molecule has 1 aromatic heterocycles. The van der Waals surface area contributed by atoms with Gasteiger partial charge in [-0.15, -0.1) is 0 Å².